The van der Waals surface area contributed by atoms with Gasteiger partial charge in [-0.25, -0.2) is 17.9 Å². The number of carboxylic acids is 1. The molecule has 3 N–H and O–H groups in total. The van der Waals surface area contributed by atoms with E-state index in [0.717, 1.165) is 18.8 Å². The molecule has 1 aromatic heterocycles. The highest BCUT2D eigenvalue weighted by molar-refractivity contribution is 7.89. The average Bonchev–Trinajstić information content (AvgIpc) is 2.93. The van der Waals surface area contributed by atoms with E-state index >= 15 is 0 Å². The van der Waals surface area contributed by atoms with Crippen molar-refractivity contribution >= 4 is 21.9 Å². The zero-order chi connectivity index (χ0) is 16.0. The van der Waals surface area contributed by atoms with Gasteiger partial charge in [-0.2, -0.15) is 0 Å². The van der Waals surface area contributed by atoms with Gasteiger partial charge in [0.25, 0.3) is 15.9 Å². The van der Waals surface area contributed by atoms with Crippen LogP contribution in [0.5, 0.6) is 0 Å². The third-order valence-electron chi connectivity index (χ3n) is 2.82. The molecular weight excluding hydrogens is 300 g/mol. The predicted octanol–water partition coefficient (Wildman–Crippen LogP) is 0.561. The molecule has 0 saturated heterocycles. The van der Waals surface area contributed by atoms with Gasteiger partial charge in [0.05, 0.1) is 5.56 Å². The normalized spacial score (nSPS) is 12.9. The first kappa shape index (κ1) is 17.2. The molecule has 118 valence electrons. The van der Waals surface area contributed by atoms with Crippen LogP contribution < -0.4 is 10.0 Å². The highest BCUT2D eigenvalue weighted by atomic mass is 32.2. The minimum Gasteiger partial charge on any atom is -0.480 e. The molecule has 0 unspecified atom stereocenters. The van der Waals surface area contributed by atoms with Gasteiger partial charge in [-0.05, 0) is 13.5 Å². The lowest BCUT2D eigenvalue weighted by atomic mass is 10.1. The molecular formula is C12H18N2O6S. The van der Waals surface area contributed by atoms with Crippen molar-refractivity contribution in [1.82, 2.24) is 10.0 Å². The van der Waals surface area contributed by atoms with Crippen LogP contribution in [0, 0.1) is 0 Å². The van der Waals surface area contributed by atoms with Crippen molar-refractivity contribution in [2.24, 2.45) is 0 Å². The fourth-order valence-electron chi connectivity index (χ4n) is 1.58. The molecule has 8 nitrogen and oxygen atoms in total. The highest BCUT2D eigenvalue weighted by Gasteiger charge is 2.23. The van der Waals surface area contributed by atoms with Gasteiger partial charge in [-0.15, -0.1) is 0 Å². The number of rotatable bonds is 8. The van der Waals surface area contributed by atoms with Gasteiger partial charge < -0.3 is 14.8 Å². The second-order valence-corrected chi connectivity index (χ2v) is 6.19. The number of sulfonamides is 1. The van der Waals surface area contributed by atoms with E-state index in [1.807, 2.05) is 11.6 Å². The van der Waals surface area contributed by atoms with Crippen LogP contribution in [-0.4, -0.2) is 38.5 Å². The van der Waals surface area contributed by atoms with Crippen molar-refractivity contribution in [3.05, 3.63) is 17.9 Å². The molecule has 0 saturated carbocycles. The van der Waals surface area contributed by atoms with Crippen molar-refractivity contribution in [2.75, 3.05) is 7.05 Å². The number of amides is 1. The smallest absolute Gasteiger partial charge is 0.326 e. The fourth-order valence-corrected chi connectivity index (χ4v) is 2.24. The van der Waals surface area contributed by atoms with E-state index in [1.54, 1.807) is 0 Å². The van der Waals surface area contributed by atoms with Crippen LogP contribution in [0.25, 0.3) is 0 Å². The summed E-state index contributed by atoms with van der Waals surface area (Å²) in [5, 5.41) is 11.0. The average molecular weight is 318 g/mol. The Labute approximate surface area is 122 Å². The number of aliphatic carboxylic acids is 1. The van der Waals surface area contributed by atoms with Crippen molar-refractivity contribution in [2.45, 2.75) is 37.3 Å². The summed E-state index contributed by atoms with van der Waals surface area (Å²) in [6, 6.07) is 0.0246. The van der Waals surface area contributed by atoms with Gasteiger partial charge >= 0.3 is 5.97 Å². The van der Waals surface area contributed by atoms with Crippen LogP contribution in [0.1, 0.15) is 36.5 Å². The SMILES string of the molecule is CCCC[C@H](NC(=O)c1coc(S(=O)(=O)NC)c1)C(=O)O. The Kier molecular flexibility index (Phi) is 5.91. The third-order valence-corrected chi connectivity index (χ3v) is 4.10. The summed E-state index contributed by atoms with van der Waals surface area (Å²) in [5.74, 6) is -1.83. The summed E-state index contributed by atoms with van der Waals surface area (Å²) in [7, 11) is -2.57. The summed E-state index contributed by atoms with van der Waals surface area (Å²) in [6.45, 7) is 1.91. The second-order valence-electron chi connectivity index (χ2n) is 4.37. The summed E-state index contributed by atoms with van der Waals surface area (Å²) in [4.78, 5) is 22.9. The summed E-state index contributed by atoms with van der Waals surface area (Å²) in [5.41, 5.74) is -0.0495. The van der Waals surface area contributed by atoms with Crippen LogP contribution in [0.3, 0.4) is 0 Å². The van der Waals surface area contributed by atoms with Gasteiger partial charge in [0.2, 0.25) is 5.09 Å². The quantitative estimate of drug-likeness (QED) is 0.643. The van der Waals surface area contributed by atoms with Gasteiger partial charge in [-0.1, -0.05) is 19.8 Å². The van der Waals surface area contributed by atoms with Crippen LogP contribution in [-0.2, 0) is 14.8 Å². The molecule has 1 rings (SSSR count). The molecule has 1 amide bonds. The van der Waals surface area contributed by atoms with E-state index in [0.29, 0.717) is 12.8 Å². The Hall–Kier alpha value is -1.87. The summed E-state index contributed by atoms with van der Waals surface area (Å²) < 4.78 is 29.8. The number of carboxylic acid groups (broad SMARTS) is 1. The molecule has 1 atom stereocenters. The first-order valence-corrected chi connectivity index (χ1v) is 7.86. The standard InChI is InChI=1S/C12H18N2O6S/c1-3-4-5-9(12(16)17)14-11(15)8-6-10(20-7-8)21(18,19)13-2/h6-7,9,13H,3-5H2,1-2H3,(H,14,15)(H,16,17)/t9-/m0/s1. The number of carbonyl (C=O) groups excluding carboxylic acids is 1. The van der Waals surface area contributed by atoms with Gasteiger partial charge in [0.1, 0.15) is 12.3 Å². The summed E-state index contributed by atoms with van der Waals surface area (Å²) >= 11 is 0. The molecule has 0 aliphatic heterocycles. The Morgan fingerprint density at radius 2 is 2.10 bits per heavy atom. The number of furan rings is 1. The van der Waals surface area contributed by atoms with Crippen molar-refractivity contribution in [1.29, 1.82) is 0 Å². The summed E-state index contributed by atoms with van der Waals surface area (Å²) in [6.07, 6.45) is 2.73. The van der Waals surface area contributed by atoms with E-state index in [2.05, 4.69) is 5.32 Å². The first-order chi connectivity index (χ1) is 9.81. The lowest BCUT2D eigenvalue weighted by Crippen LogP contribution is -2.40. The molecule has 1 aromatic rings. The number of hydrogen-bond donors (Lipinski definition) is 3. The van der Waals surface area contributed by atoms with Crippen LogP contribution in [0.2, 0.25) is 0 Å². The number of nitrogens with one attached hydrogen (secondary N) is 2. The zero-order valence-electron chi connectivity index (χ0n) is 11.8. The van der Waals surface area contributed by atoms with Crippen molar-refractivity contribution in [3.63, 3.8) is 0 Å². The maximum Gasteiger partial charge on any atom is 0.326 e. The zero-order valence-corrected chi connectivity index (χ0v) is 12.6. The number of carbonyl (C=O) groups is 2. The molecule has 0 bridgehead atoms. The molecule has 0 aromatic carbocycles. The van der Waals surface area contributed by atoms with E-state index in [4.69, 9.17) is 9.52 Å². The molecule has 0 fully saturated rings. The van der Waals surface area contributed by atoms with Crippen molar-refractivity contribution < 1.29 is 27.5 Å². The van der Waals surface area contributed by atoms with E-state index < -0.39 is 33.0 Å². The molecule has 0 radical (unpaired) electrons. The van der Waals surface area contributed by atoms with Gasteiger partial charge in [0.15, 0.2) is 0 Å². The Morgan fingerprint density at radius 3 is 2.62 bits per heavy atom. The fraction of sp³-hybridized carbons (Fsp3) is 0.500. The van der Waals surface area contributed by atoms with E-state index in [-0.39, 0.29) is 5.56 Å². The maximum absolute atomic E-state index is 11.9. The third kappa shape index (κ3) is 4.57. The highest BCUT2D eigenvalue weighted by Crippen LogP contribution is 2.14. The topological polar surface area (TPSA) is 126 Å². The Balaban J connectivity index is 2.82. The second kappa shape index (κ2) is 7.23. The minimum absolute atomic E-state index is 0.0495. The minimum atomic E-state index is -3.78. The van der Waals surface area contributed by atoms with Gasteiger partial charge in [-0.3, -0.25) is 4.79 Å². The van der Waals surface area contributed by atoms with Crippen LogP contribution in [0.15, 0.2) is 21.8 Å². The lowest BCUT2D eigenvalue weighted by Gasteiger charge is -2.13. The molecule has 1 heterocycles. The lowest BCUT2D eigenvalue weighted by molar-refractivity contribution is -0.139. The Morgan fingerprint density at radius 1 is 1.43 bits per heavy atom. The number of hydrogen-bond acceptors (Lipinski definition) is 5. The molecule has 21 heavy (non-hydrogen) atoms. The van der Waals surface area contributed by atoms with Crippen LogP contribution >= 0.6 is 0 Å². The largest absolute Gasteiger partial charge is 0.480 e. The van der Waals surface area contributed by atoms with Gasteiger partial charge in [0, 0.05) is 6.07 Å². The van der Waals surface area contributed by atoms with Crippen LogP contribution in [0.4, 0.5) is 0 Å². The molecule has 0 spiro atoms. The molecule has 0 aliphatic carbocycles. The number of unbranched alkanes of at least 4 members (excludes halogenated alkanes) is 1. The monoisotopic (exact) mass is 318 g/mol. The maximum atomic E-state index is 11.9. The van der Waals surface area contributed by atoms with E-state index in [9.17, 15) is 18.0 Å². The predicted molar refractivity (Wildman–Crippen MR) is 73.4 cm³/mol. The Bertz CT molecular complexity index is 607. The first-order valence-electron chi connectivity index (χ1n) is 6.37. The molecule has 0 aliphatic rings. The molecule has 9 heteroatoms. The van der Waals surface area contributed by atoms with Crippen molar-refractivity contribution in [3.8, 4) is 0 Å². The van der Waals surface area contributed by atoms with E-state index in [1.165, 1.54) is 7.05 Å².